The summed E-state index contributed by atoms with van der Waals surface area (Å²) in [7, 11) is 0. The smallest absolute Gasteiger partial charge is 0.327 e. The first kappa shape index (κ1) is 16.6. The fourth-order valence-electron chi connectivity index (χ4n) is 4.50. The first-order chi connectivity index (χ1) is 12.1. The predicted molar refractivity (Wildman–Crippen MR) is 90.7 cm³/mol. The average molecular weight is 346 g/mol. The number of hydrogen-bond acceptors (Lipinski definition) is 4. The normalized spacial score (nSPS) is 26.2. The third-order valence-electron chi connectivity index (χ3n) is 6.44. The lowest BCUT2D eigenvalue weighted by Crippen LogP contribution is -2.57. The molecule has 136 valence electrons. The summed E-state index contributed by atoms with van der Waals surface area (Å²) in [5, 5.41) is 6.92. The van der Waals surface area contributed by atoms with E-state index in [-0.39, 0.29) is 11.9 Å². The van der Waals surface area contributed by atoms with E-state index in [4.69, 9.17) is 4.74 Å². The number of imide groups is 1. The van der Waals surface area contributed by atoms with E-state index >= 15 is 0 Å². The van der Waals surface area contributed by atoms with E-state index in [0.717, 1.165) is 43.7 Å². The van der Waals surface area contributed by atoms with Gasteiger partial charge in [0.05, 0.1) is 12.7 Å². The molecule has 3 aliphatic rings. The van der Waals surface area contributed by atoms with E-state index in [0.29, 0.717) is 37.4 Å². The summed E-state index contributed by atoms with van der Waals surface area (Å²) in [6.07, 6.45) is 6.60. The molecule has 0 bridgehead atoms. The lowest BCUT2D eigenvalue weighted by Gasteiger charge is -2.53. The van der Waals surface area contributed by atoms with Crippen molar-refractivity contribution in [1.82, 2.24) is 20.0 Å². The molecule has 3 fully saturated rings. The molecule has 7 heteroatoms. The zero-order chi connectivity index (χ0) is 17.4. The minimum atomic E-state index is -0.147. The Bertz CT molecular complexity index is 665. The van der Waals surface area contributed by atoms with Gasteiger partial charge in [0, 0.05) is 44.0 Å². The average Bonchev–Trinajstić information content (AvgIpc) is 3.02. The van der Waals surface area contributed by atoms with E-state index in [1.54, 1.807) is 11.1 Å². The maximum absolute atomic E-state index is 12.9. The fraction of sp³-hybridized carbons (Fsp3) is 0.722. The molecule has 4 rings (SSSR count). The summed E-state index contributed by atoms with van der Waals surface area (Å²) in [6.45, 7) is 5.13. The third kappa shape index (κ3) is 2.94. The molecule has 1 aliphatic carbocycles. The zero-order valence-corrected chi connectivity index (χ0v) is 14.8. The first-order valence-electron chi connectivity index (χ1n) is 9.25. The molecule has 1 N–H and O–H groups in total. The Morgan fingerprint density at radius 3 is 2.76 bits per heavy atom. The summed E-state index contributed by atoms with van der Waals surface area (Å²) in [5.41, 5.74) is 2.27. The van der Waals surface area contributed by atoms with Crippen molar-refractivity contribution >= 4 is 11.9 Å². The van der Waals surface area contributed by atoms with Crippen LogP contribution in [0.5, 0.6) is 0 Å². The Hall–Kier alpha value is -1.89. The van der Waals surface area contributed by atoms with Crippen molar-refractivity contribution in [1.29, 1.82) is 0 Å². The van der Waals surface area contributed by atoms with Crippen LogP contribution in [0.4, 0.5) is 4.79 Å². The highest BCUT2D eigenvalue weighted by Gasteiger charge is 2.49. The van der Waals surface area contributed by atoms with E-state index in [1.807, 2.05) is 6.92 Å². The molecule has 0 aromatic carbocycles. The topological polar surface area (TPSA) is 78.5 Å². The minimum Gasteiger partial charge on any atom is -0.381 e. The number of urea groups is 1. The monoisotopic (exact) mass is 346 g/mol. The molecule has 1 atom stereocenters. The van der Waals surface area contributed by atoms with Crippen molar-refractivity contribution < 1.29 is 14.3 Å². The second-order valence-electron chi connectivity index (χ2n) is 7.69. The number of amides is 3. The summed E-state index contributed by atoms with van der Waals surface area (Å²) in [6, 6.07) is -0.147. The summed E-state index contributed by atoms with van der Waals surface area (Å²) >= 11 is 0. The number of hydrogen-bond donors (Lipinski definition) is 1. The number of ether oxygens (including phenoxy) is 1. The number of aromatic nitrogens is 2. The van der Waals surface area contributed by atoms with Crippen molar-refractivity contribution in [2.75, 3.05) is 26.3 Å². The Balaban J connectivity index is 1.44. The molecule has 3 heterocycles. The molecule has 1 aromatic rings. The second kappa shape index (κ2) is 6.44. The Labute approximate surface area is 147 Å². The van der Waals surface area contributed by atoms with E-state index < -0.39 is 0 Å². The van der Waals surface area contributed by atoms with Crippen molar-refractivity contribution in [2.45, 2.75) is 45.6 Å². The fourth-order valence-corrected chi connectivity index (χ4v) is 4.50. The van der Waals surface area contributed by atoms with Gasteiger partial charge < -0.3 is 9.64 Å². The summed E-state index contributed by atoms with van der Waals surface area (Å²) in [4.78, 5) is 28.6. The van der Waals surface area contributed by atoms with Gasteiger partial charge in [-0.25, -0.2) is 4.79 Å². The largest absolute Gasteiger partial charge is 0.381 e. The van der Waals surface area contributed by atoms with Crippen LogP contribution < -0.4 is 0 Å². The molecule has 0 radical (unpaired) electrons. The summed E-state index contributed by atoms with van der Waals surface area (Å²) in [5.74, 6) is 0.402. The molecular formula is C18H26N4O3. The van der Waals surface area contributed by atoms with Crippen LogP contribution in [-0.2, 0) is 16.1 Å². The standard InChI is InChI=1S/C18H26N4O3/c1-13-14(10-19-20-13)11-21-7-3-16(23)22(17(21)24)12-15-2-4-18(15)5-8-25-9-6-18/h10,15H,2-9,11-12H2,1H3,(H,19,20). The molecule has 2 saturated heterocycles. The van der Waals surface area contributed by atoms with Crippen molar-refractivity contribution in [2.24, 2.45) is 11.3 Å². The maximum Gasteiger partial charge on any atom is 0.327 e. The minimum absolute atomic E-state index is 0.0284. The number of carbonyl (C=O) groups is 2. The van der Waals surface area contributed by atoms with Crippen LogP contribution in [0.3, 0.4) is 0 Å². The van der Waals surface area contributed by atoms with Crippen LogP contribution >= 0.6 is 0 Å². The Morgan fingerprint density at radius 2 is 2.12 bits per heavy atom. The van der Waals surface area contributed by atoms with Gasteiger partial charge in [-0.05, 0) is 43.9 Å². The van der Waals surface area contributed by atoms with Gasteiger partial charge in [-0.2, -0.15) is 5.10 Å². The van der Waals surface area contributed by atoms with Gasteiger partial charge >= 0.3 is 6.03 Å². The van der Waals surface area contributed by atoms with Gasteiger partial charge in [0.15, 0.2) is 0 Å². The van der Waals surface area contributed by atoms with Gasteiger partial charge in [-0.3, -0.25) is 14.8 Å². The predicted octanol–water partition coefficient (Wildman–Crippen LogP) is 2.08. The molecule has 25 heavy (non-hydrogen) atoms. The lowest BCUT2D eigenvalue weighted by molar-refractivity contribution is -0.135. The van der Waals surface area contributed by atoms with Crippen LogP contribution in [0.25, 0.3) is 0 Å². The number of nitrogens with one attached hydrogen (secondary N) is 1. The number of carbonyl (C=O) groups excluding carboxylic acids is 2. The maximum atomic E-state index is 12.9. The molecule has 2 aliphatic heterocycles. The number of rotatable bonds is 4. The van der Waals surface area contributed by atoms with Crippen molar-refractivity contribution in [3.8, 4) is 0 Å². The van der Waals surface area contributed by atoms with Gasteiger partial charge in [0.1, 0.15) is 0 Å². The van der Waals surface area contributed by atoms with E-state index in [2.05, 4.69) is 10.2 Å². The second-order valence-corrected chi connectivity index (χ2v) is 7.69. The van der Waals surface area contributed by atoms with Gasteiger partial charge in [-0.1, -0.05) is 0 Å². The number of aromatic amines is 1. The molecule has 1 unspecified atom stereocenters. The van der Waals surface area contributed by atoms with Gasteiger partial charge in [0.25, 0.3) is 0 Å². The Kier molecular flexibility index (Phi) is 4.27. The molecular weight excluding hydrogens is 320 g/mol. The van der Waals surface area contributed by atoms with Gasteiger partial charge in [0.2, 0.25) is 5.91 Å². The van der Waals surface area contributed by atoms with Crippen LogP contribution in [0.1, 0.15) is 43.4 Å². The molecule has 7 nitrogen and oxygen atoms in total. The van der Waals surface area contributed by atoms with Crippen LogP contribution in [0, 0.1) is 18.3 Å². The SMILES string of the molecule is Cc1[nH]ncc1CN1CCC(=O)N(CC2CCC23CCOCC3)C1=O. The number of H-pyrrole nitrogens is 1. The summed E-state index contributed by atoms with van der Waals surface area (Å²) < 4.78 is 5.50. The van der Waals surface area contributed by atoms with Gasteiger partial charge in [-0.15, -0.1) is 0 Å². The zero-order valence-electron chi connectivity index (χ0n) is 14.8. The van der Waals surface area contributed by atoms with Crippen molar-refractivity contribution in [3.05, 3.63) is 17.5 Å². The van der Waals surface area contributed by atoms with E-state index in [1.165, 1.54) is 11.3 Å². The first-order valence-corrected chi connectivity index (χ1v) is 9.25. The molecule has 1 spiro atoms. The third-order valence-corrected chi connectivity index (χ3v) is 6.44. The van der Waals surface area contributed by atoms with Crippen LogP contribution in [-0.4, -0.2) is 58.2 Å². The quantitative estimate of drug-likeness (QED) is 0.905. The molecule has 3 amide bonds. The van der Waals surface area contributed by atoms with Crippen LogP contribution in [0.2, 0.25) is 0 Å². The van der Waals surface area contributed by atoms with Crippen LogP contribution in [0.15, 0.2) is 6.20 Å². The van der Waals surface area contributed by atoms with Crippen molar-refractivity contribution in [3.63, 3.8) is 0 Å². The lowest BCUT2D eigenvalue weighted by atomic mass is 9.56. The highest BCUT2D eigenvalue weighted by Crippen LogP contribution is 2.53. The number of aryl methyl sites for hydroxylation is 1. The highest BCUT2D eigenvalue weighted by atomic mass is 16.5. The molecule has 1 aromatic heterocycles. The Morgan fingerprint density at radius 1 is 1.32 bits per heavy atom. The van der Waals surface area contributed by atoms with E-state index in [9.17, 15) is 9.59 Å². The molecule has 1 saturated carbocycles. The highest BCUT2D eigenvalue weighted by molar-refractivity contribution is 5.96. The number of nitrogens with zero attached hydrogens (tertiary/aromatic N) is 3.